The zero-order valence-corrected chi connectivity index (χ0v) is 12.8. The quantitative estimate of drug-likeness (QED) is 0.854. The molecule has 0 radical (unpaired) electrons. The van der Waals surface area contributed by atoms with Gasteiger partial charge in [-0.15, -0.1) is 0 Å². The van der Waals surface area contributed by atoms with Crippen LogP contribution in [0.3, 0.4) is 0 Å². The lowest BCUT2D eigenvalue weighted by molar-refractivity contribution is 0.330. The van der Waals surface area contributed by atoms with Gasteiger partial charge in [0.2, 0.25) is 0 Å². The van der Waals surface area contributed by atoms with Crippen molar-refractivity contribution >= 4 is 31.9 Å². The first-order valence-electron chi connectivity index (χ1n) is 5.68. The summed E-state index contributed by atoms with van der Waals surface area (Å²) in [5.41, 5.74) is 0.557. The summed E-state index contributed by atoms with van der Waals surface area (Å²) in [6.45, 7) is 6.53. The first-order valence-corrected chi connectivity index (χ1v) is 7.26. The van der Waals surface area contributed by atoms with Crippen LogP contribution in [0.4, 0.5) is 0 Å². The molecular formula is C12H17Br2NO. The number of halogens is 2. The summed E-state index contributed by atoms with van der Waals surface area (Å²) >= 11 is 6.76. The second kappa shape index (κ2) is 4.83. The number of rotatable bonds is 5. The molecular weight excluding hydrogens is 334 g/mol. The van der Waals surface area contributed by atoms with Crippen LogP contribution in [0.5, 0.6) is 0 Å². The summed E-state index contributed by atoms with van der Waals surface area (Å²) in [6, 6.07) is 2.01. The molecule has 0 amide bonds. The summed E-state index contributed by atoms with van der Waals surface area (Å²) in [7, 11) is 0. The van der Waals surface area contributed by atoms with Crippen molar-refractivity contribution in [3.05, 3.63) is 21.0 Å². The zero-order valence-electron chi connectivity index (χ0n) is 9.65. The van der Waals surface area contributed by atoms with E-state index >= 15 is 0 Å². The molecule has 16 heavy (non-hydrogen) atoms. The van der Waals surface area contributed by atoms with Gasteiger partial charge < -0.3 is 9.73 Å². The normalized spacial score (nSPS) is 18.1. The van der Waals surface area contributed by atoms with Crippen LogP contribution >= 0.6 is 31.9 Å². The molecule has 0 aliphatic heterocycles. The molecule has 0 unspecified atom stereocenters. The fourth-order valence-electron chi connectivity index (χ4n) is 2.03. The molecule has 4 heteroatoms. The van der Waals surface area contributed by atoms with Gasteiger partial charge in [-0.3, -0.25) is 0 Å². The van der Waals surface area contributed by atoms with E-state index in [2.05, 4.69) is 51.0 Å². The van der Waals surface area contributed by atoms with Crippen LogP contribution in [0.25, 0.3) is 0 Å². The van der Waals surface area contributed by atoms with Crippen LogP contribution in [0.15, 0.2) is 19.6 Å². The summed E-state index contributed by atoms with van der Waals surface area (Å²) in [4.78, 5) is 0. The third-order valence-corrected chi connectivity index (χ3v) is 5.30. The molecule has 2 nitrogen and oxygen atoms in total. The van der Waals surface area contributed by atoms with E-state index in [0.29, 0.717) is 5.41 Å². The van der Waals surface area contributed by atoms with Crippen LogP contribution in [0, 0.1) is 11.3 Å². The fourth-order valence-corrected chi connectivity index (χ4v) is 2.69. The first kappa shape index (κ1) is 12.7. The molecule has 1 heterocycles. The van der Waals surface area contributed by atoms with Gasteiger partial charge in [-0.2, -0.15) is 0 Å². The third kappa shape index (κ3) is 2.71. The summed E-state index contributed by atoms with van der Waals surface area (Å²) < 4.78 is 7.27. The van der Waals surface area contributed by atoms with E-state index in [-0.39, 0.29) is 0 Å². The van der Waals surface area contributed by atoms with Gasteiger partial charge in [0.15, 0.2) is 4.67 Å². The molecule has 1 aromatic rings. The number of nitrogens with one attached hydrogen (secondary N) is 1. The minimum atomic E-state index is 0.557. The summed E-state index contributed by atoms with van der Waals surface area (Å²) in [6.07, 6.45) is 2.73. The fraction of sp³-hybridized carbons (Fsp3) is 0.667. The van der Waals surface area contributed by atoms with Gasteiger partial charge in [-0.05, 0) is 62.1 Å². The Balaban J connectivity index is 1.80. The lowest BCUT2D eigenvalue weighted by Crippen LogP contribution is -2.27. The van der Waals surface area contributed by atoms with Gasteiger partial charge >= 0.3 is 0 Å². The van der Waals surface area contributed by atoms with Gasteiger partial charge in [0.05, 0.1) is 11.0 Å². The van der Waals surface area contributed by atoms with Gasteiger partial charge in [0, 0.05) is 6.54 Å². The van der Waals surface area contributed by atoms with Crippen molar-refractivity contribution in [1.29, 1.82) is 0 Å². The second-order valence-electron chi connectivity index (χ2n) is 4.95. The van der Waals surface area contributed by atoms with Gasteiger partial charge in [-0.25, -0.2) is 0 Å². The average molecular weight is 351 g/mol. The first-order chi connectivity index (χ1) is 7.53. The predicted molar refractivity (Wildman–Crippen MR) is 72.3 cm³/mol. The Morgan fingerprint density at radius 2 is 2.12 bits per heavy atom. The van der Waals surface area contributed by atoms with Crippen LogP contribution < -0.4 is 5.32 Å². The molecule has 0 bridgehead atoms. The molecule has 90 valence electrons. The molecule has 0 aromatic carbocycles. The van der Waals surface area contributed by atoms with E-state index in [1.807, 2.05) is 6.07 Å². The van der Waals surface area contributed by atoms with Gasteiger partial charge in [0.25, 0.3) is 0 Å². The summed E-state index contributed by atoms with van der Waals surface area (Å²) in [5, 5.41) is 3.49. The van der Waals surface area contributed by atoms with Crippen molar-refractivity contribution < 1.29 is 4.42 Å². The highest BCUT2D eigenvalue weighted by Crippen LogP contribution is 2.51. The Kier molecular flexibility index (Phi) is 3.82. The maximum Gasteiger partial charge on any atom is 0.183 e. The Labute approximate surface area is 113 Å². The highest BCUT2D eigenvalue weighted by molar-refractivity contribution is 9.13. The van der Waals surface area contributed by atoms with Crippen LogP contribution in [-0.4, -0.2) is 6.54 Å². The molecule has 0 atom stereocenters. The SMILES string of the molecule is CC(C)C1(CNCc2cc(Br)c(Br)o2)CC1. The summed E-state index contributed by atoms with van der Waals surface area (Å²) in [5.74, 6) is 1.74. The van der Waals surface area contributed by atoms with Crippen molar-refractivity contribution in [2.24, 2.45) is 11.3 Å². The standard InChI is InChI=1S/C12H17Br2NO/c1-8(2)12(3-4-12)7-15-6-9-5-10(13)11(14)16-9/h5,8,15H,3-4,6-7H2,1-2H3. The van der Waals surface area contributed by atoms with E-state index in [1.54, 1.807) is 0 Å². The Bertz CT molecular complexity index is 350. The van der Waals surface area contributed by atoms with Crippen LogP contribution in [-0.2, 0) is 6.54 Å². The van der Waals surface area contributed by atoms with Crippen molar-refractivity contribution in [2.75, 3.05) is 6.54 Å². The van der Waals surface area contributed by atoms with Crippen molar-refractivity contribution in [3.8, 4) is 0 Å². The second-order valence-corrected chi connectivity index (χ2v) is 6.53. The lowest BCUT2D eigenvalue weighted by Gasteiger charge is -2.19. The van der Waals surface area contributed by atoms with Crippen LogP contribution in [0.1, 0.15) is 32.4 Å². The van der Waals surface area contributed by atoms with E-state index in [4.69, 9.17) is 4.42 Å². The molecule has 1 aromatic heterocycles. The topological polar surface area (TPSA) is 25.2 Å². The molecule has 1 saturated carbocycles. The van der Waals surface area contributed by atoms with Crippen LogP contribution in [0.2, 0.25) is 0 Å². The Hall–Kier alpha value is 0.200. The van der Waals surface area contributed by atoms with E-state index < -0.39 is 0 Å². The van der Waals surface area contributed by atoms with Crippen molar-refractivity contribution in [3.63, 3.8) is 0 Å². The van der Waals surface area contributed by atoms with Crippen molar-refractivity contribution in [1.82, 2.24) is 5.32 Å². The predicted octanol–water partition coefficient (Wildman–Crippen LogP) is 4.33. The molecule has 1 N–H and O–H groups in total. The third-order valence-electron chi connectivity index (χ3n) is 3.59. The average Bonchev–Trinajstić information content (AvgIpc) is 2.92. The minimum Gasteiger partial charge on any atom is -0.452 e. The molecule has 1 aliphatic rings. The number of hydrogen-bond acceptors (Lipinski definition) is 2. The monoisotopic (exact) mass is 349 g/mol. The largest absolute Gasteiger partial charge is 0.452 e. The Morgan fingerprint density at radius 3 is 2.56 bits per heavy atom. The highest BCUT2D eigenvalue weighted by atomic mass is 79.9. The lowest BCUT2D eigenvalue weighted by atomic mass is 9.92. The Morgan fingerprint density at radius 1 is 1.44 bits per heavy atom. The minimum absolute atomic E-state index is 0.557. The van der Waals surface area contributed by atoms with E-state index in [0.717, 1.165) is 33.9 Å². The molecule has 0 spiro atoms. The van der Waals surface area contributed by atoms with Crippen molar-refractivity contribution in [2.45, 2.75) is 33.2 Å². The maximum absolute atomic E-state index is 5.52. The van der Waals surface area contributed by atoms with Gasteiger partial charge in [-0.1, -0.05) is 13.8 Å². The van der Waals surface area contributed by atoms with E-state index in [1.165, 1.54) is 12.8 Å². The molecule has 1 fully saturated rings. The van der Waals surface area contributed by atoms with E-state index in [9.17, 15) is 0 Å². The molecule has 1 aliphatic carbocycles. The van der Waals surface area contributed by atoms with Gasteiger partial charge in [0.1, 0.15) is 5.76 Å². The molecule has 2 rings (SSSR count). The number of hydrogen-bond donors (Lipinski definition) is 1. The maximum atomic E-state index is 5.52. The zero-order chi connectivity index (χ0) is 11.8. The number of furan rings is 1. The molecule has 0 saturated heterocycles. The highest BCUT2D eigenvalue weighted by Gasteiger charge is 2.44. The smallest absolute Gasteiger partial charge is 0.183 e.